The molecule has 0 unspecified atom stereocenters. The zero-order valence-corrected chi connectivity index (χ0v) is 16.8. The van der Waals surface area contributed by atoms with E-state index >= 15 is 0 Å². The summed E-state index contributed by atoms with van der Waals surface area (Å²) >= 11 is -0.177. The molecule has 7 heteroatoms. The van der Waals surface area contributed by atoms with Crippen molar-refractivity contribution < 1.29 is 18.9 Å². The Kier molecular flexibility index (Phi) is 5.81. The van der Waals surface area contributed by atoms with Crippen LogP contribution in [0.15, 0.2) is 36.4 Å². The molecule has 26 heavy (non-hydrogen) atoms. The number of methoxy groups -OCH3 is 3. The first-order valence-corrected chi connectivity index (χ1v) is 9.61. The monoisotopic (exact) mass is 420 g/mol. The number of benzene rings is 2. The third-order valence-corrected chi connectivity index (χ3v) is 4.97. The van der Waals surface area contributed by atoms with Crippen LogP contribution in [0.1, 0.15) is 6.92 Å². The van der Waals surface area contributed by atoms with Gasteiger partial charge < -0.3 is 0 Å². The molecule has 0 radical (unpaired) electrons. The summed E-state index contributed by atoms with van der Waals surface area (Å²) in [6.45, 7) is 2.61. The van der Waals surface area contributed by atoms with Gasteiger partial charge in [0.15, 0.2) is 0 Å². The van der Waals surface area contributed by atoms with Crippen LogP contribution in [0, 0.1) is 0 Å². The Balaban J connectivity index is 2.05. The molecule has 0 fully saturated rings. The summed E-state index contributed by atoms with van der Waals surface area (Å²) in [5.41, 5.74) is 3.57. The molecule has 1 heterocycles. The second-order valence-electron chi connectivity index (χ2n) is 5.33. The van der Waals surface area contributed by atoms with Gasteiger partial charge in [0, 0.05) is 0 Å². The zero-order valence-electron chi connectivity index (χ0n) is 15.1. The van der Waals surface area contributed by atoms with Crippen molar-refractivity contribution in [2.45, 2.75) is 6.92 Å². The van der Waals surface area contributed by atoms with E-state index < -0.39 is 0 Å². The minimum atomic E-state index is -0.177. The van der Waals surface area contributed by atoms with Crippen LogP contribution >= 0.6 is 0 Å². The van der Waals surface area contributed by atoms with Crippen LogP contribution in [0.25, 0.3) is 22.5 Å². The molecule has 1 aromatic heterocycles. The van der Waals surface area contributed by atoms with E-state index in [-0.39, 0.29) is 15.0 Å². The number of nitrogens with zero attached hydrogens (tertiary/aromatic N) is 2. The van der Waals surface area contributed by atoms with E-state index in [1.54, 1.807) is 21.3 Å². The van der Waals surface area contributed by atoms with Gasteiger partial charge in [0.25, 0.3) is 0 Å². The van der Waals surface area contributed by atoms with E-state index in [9.17, 15) is 0 Å². The quantitative estimate of drug-likeness (QED) is 0.548. The molecular formula is C19H20N2O4Se. The Morgan fingerprint density at radius 3 is 1.88 bits per heavy atom. The first kappa shape index (κ1) is 18.3. The van der Waals surface area contributed by atoms with Crippen molar-refractivity contribution in [1.82, 2.24) is 7.96 Å². The molecule has 0 saturated heterocycles. The third kappa shape index (κ3) is 3.54. The van der Waals surface area contributed by atoms with Crippen LogP contribution in [0.2, 0.25) is 0 Å². The number of hydrogen-bond acceptors (Lipinski definition) is 6. The van der Waals surface area contributed by atoms with E-state index in [0.29, 0.717) is 23.9 Å². The Morgan fingerprint density at radius 2 is 1.38 bits per heavy atom. The van der Waals surface area contributed by atoms with Crippen molar-refractivity contribution in [3.05, 3.63) is 36.4 Å². The molecule has 6 nitrogen and oxygen atoms in total. The molecular weight excluding hydrogens is 399 g/mol. The van der Waals surface area contributed by atoms with E-state index in [1.807, 2.05) is 43.3 Å². The Labute approximate surface area is 158 Å². The van der Waals surface area contributed by atoms with Crippen molar-refractivity contribution in [2.75, 3.05) is 27.9 Å². The van der Waals surface area contributed by atoms with Gasteiger partial charge in [0.1, 0.15) is 0 Å². The molecule has 0 spiro atoms. The summed E-state index contributed by atoms with van der Waals surface area (Å²) < 4.78 is 31.0. The normalized spacial score (nSPS) is 10.5. The van der Waals surface area contributed by atoms with Crippen LogP contribution < -0.4 is 18.9 Å². The average Bonchev–Trinajstić information content (AvgIpc) is 3.17. The van der Waals surface area contributed by atoms with E-state index in [0.717, 1.165) is 28.3 Å². The Hall–Kier alpha value is -2.50. The van der Waals surface area contributed by atoms with Crippen molar-refractivity contribution in [2.24, 2.45) is 0 Å². The summed E-state index contributed by atoms with van der Waals surface area (Å²) in [6, 6.07) is 11.7. The first-order chi connectivity index (χ1) is 12.7. The summed E-state index contributed by atoms with van der Waals surface area (Å²) in [4.78, 5) is 0. The maximum absolute atomic E-state index is 5.51. The second kappa shape index (κ2) is 8.25. The standard InChI is InChI=1S/C19H20N2O4Se/c1-5-25-14-8-6-12(7-9-14)17-18(21-26-20-17)13-10-15(22-2)19(24-4)16(11-13)23-3/h6-11H,5H2,1-4H3. The number of ether oxygens (including phenoxy) is 4. The van der Waals surface area contributed by atoms with E-state index in [2.05, 4.69) is 7.96 Å². The van der Waals surface area contributed by atoms with E-state index in [1.165, 1.54) is 0 Å². The molecule has 136 valence electrons. The molecule has 0 aliphatic carbocycles. The average molecular weight is 419 g/mol. The SMILES string of the molecule is CCOc1ccc(-c2n[se]nc2-c2cc(OC)c(OC)c(OC)c2)cc1. The fraction of sp³-hybridized carbons (Fsp3) is 0.263. The molecule has 0 amide bonds. The first-order valence-electron chi connectivity index (χ1n) is 8.08. The molecule has 0 atom stereocenters. The van der Waals surface area contributed by atoms with E-state index in [4.69, 9.17) is 18.9 Å². The van der Waals surface area contributed by atoms with Crippen LogP contribution in [0.5, 0.6) is 23.0 Å². The fourth-order valence-electron chi connectivity index (χ4n) is 2.66. The van der Waals surface area contributed by atoms with Crippen molar-refractivity contribution in [3.8, 4) is 45.5 Å². The molecule has 3 rings (SSSR count). The Bertz CT molecular complexity index is 852. The van der Waals surface area contributed by atoms with Gasteiger partial charge in [-0.2, -0.15) is 0 Å². The number of rotatable bonds is 7. The molecule has 2 aromatic carbocycles. The van der Waals surface area contributed by atoms with Crippen LogP contribution in [0.4, 0.5) is 0 Å². The van der Waals surface area contributed by atoms with Gasteiger partial charge in [-0.3, -0.25) is 0 Å². The van der Waals surface area contributed by atoms with Crippen molar-refractivity contribution >= 4 is 15.0 Å². The fourth-order valence-corrected chi connectivity index (χ4v) is 3.89. The second-order valence-corrected chi connectivity index (χ2v) is 6.44. The van der Waals surface area contributed by atoms with Gasteiger partial charge in [-0.1, -0.05) is 0 Å². The van der Waals surface area contributed by atoms with Crippen LogP contribution in [-0.2, 0) is 0 Å². The van der Waals surface area contributed by atoms with Gasteiger partial charge in [0.2, 0.25) is 0 Å². The molecule has 0 N–H and O–H groups in total. The van der Waals surface area contributed by atoms with Gasteiger partial charge in [-0.25, -0.2) is 0 Å². The topological polar surface area (TPSA) is 62.7 Å². The summed E-state index contributed by atoms with van der Waals surface area (Å²) in [7, 11) is 4.79. The van der Waals surface area contributed by atoms with Crippen LogP contribution in [0.3, 0.4) is 0 Å². The molecule has 0 bridgehead atoms. The molecule has 3 aromatic rings. The third-order valence-electron chi connectivity index (χ3n) is 3.87. The minimum absolute atomic E-state index is 0.177. The van der Waals surface area contributed by atoms with Gasteiger partial charge in [-0.15, -0.1) is 0 Å². The van der Waals surface area contributed by atoms with Crippen molar-refractivity contribution in [3.63, 3.8) is 0 Å². The molecule has 0 aliphatic rings. The number of aromatic nitrogens is 2. The van der Waals surface area contributed by atoms with Gasteiger partial charge in [-0.05, 0) is 0 Å². The zero-order chi connectivity index (χ0) is 18.5. The van der Waals surface area contributed by atoms with Crippen LogP contribution in [-0.4, -0.2) is 50.9 Å². The maximum atomic E-state index is 5.51. The van der Waals surface area contributed by atoms with Gasteiger partial charge >= 0.3 is 159 Å². The molecule has 0 aliphatic heterocycles. The summed E-state index contributed by atoms with van der Waals surface area (Å²) in [5, 5.41) is 0. The summed E-state index contributed by atoms with van der Waals surface area (Å²) in [6.07, 6.45) is 0. The molecule has 0 saturated carbocycles. The predicted octanol–water partition coefficient (Wildman–Crippen LogP) is 3.29. The number of hydrogen-bond donors (Lipinski definition) is 0. The van der Waals surface area contributed by atoms with Gasteiger partial charge in [0.05, 0.1) is 0 Å². The van der Waals surface area contributed by atoms with Crippen molar-refractivity contribution in [1.29, 1.82) is 0 Å². The predicted molar refractivity (Wildman–Crippen MR) is 101 cm³/mol. The Morgan fingerprint density at radius 1 is 0.808 bits per heavy atom. The summed E-state index contributed by atoms with van der Waals surface area (Å²) in [5.74, 6) is 2.58.